The molecule has 0 amide bonds. The molecule has 1 aromatic heterocycles. The van der Waals surface area contributed by atoms with Gasteiger partial charge in [-0.15, -0.1) is 0 Å². The van der Waals surface area contributed by atoms with Crippen molar-refractivity contribution in [1.82, 2.24) is 15.3 Å². The number of morpholine rings is 1. The number of rotatable bonds is 3. The fourth-order valence-corrected chi connectivity index (χ4v) is 2.35. The maximum atomic E-state index is 5.77. The number of nitrogens with one attached hydrogen (secondary N) is 1. The Bertz CT molecular complexity index is 391. The fourth-order valence-electron chi connectivity index (χ4n) is 2.35. The Morgan fingerprint density at radius 2 is 2.41 bits per heavy atom. The average molecular weight is 235 g/mol. The van der Waals surface area contributed by atoms with E-state index in [0.717, 1.165) is 50.5 Å². The average Bonchev–Trinajstić information content (AvgIpc) is 2.86. The molecule has 1 aliphatic heterocycles. The molecule has 2 heterocycles. The van der Waals surface area contributed by atoms with Gasteiger partial charge in [-0.3, -0.25) is 0 Å². The first-order chi connectivity index (χ1) is 8.43. The third-order valence-corrected chi connectivity index (χ3v) is 3.25. The Kier molecular flexibility index (Phi) is 3.20. The molecule has 0 bridgehead atoms. The number of ether oxygens (including phenoxy) is 2. The molecule has 1 N–H and O–H groups in total. The summed E-state index contributed by atoms with van der Waals surface area (Å²) in [5, 5.41) is 3.29. The highest BCUT2D eigenvalue weighted by atomic mass is 16.5. The molecule has 1 atom stereocenters. The van der Waals surface area contributed by atoms with E-state index in [4.69, 9.17) is 9.47 Å². The topological polar surface area (TPSA) is 56.3 Å². The summed E-state index contributed by atoms with van der Waals surface area (Å²) in [7, 11) is 0. The standard InChI is InChI=1S/C12H17N3O2/c1-2-10-11(3-1)14-8-15-12(10)17-7-9-6-13-4-5-16-9/h8-9,13H,1-7H2. The summed E-state index contributed by atoms with van der Waals surface area (Å²) in [6.07, 6.45) is 4.98. The van der Waals surface area contributed by atoms with Gasteiger partial charge in [-0.25, -0.2) is 9.97 Å². The minimum Gasteiger partial charge on any atom is -0.475 e. The summed E-state index contributed by atoms with van der Waals surface area (Å²) in [4.78, 5) is 8.51. The highest BCUT2D eigenvalue weighted by Gasteiger charge is 2.20. The van der Waals surface area contributed by atoms with Gasteiger partial charge in [-0.1, -0.05) is 0 Å². The molecule has 0 spiro atoms. The molecular formula is C12H17N3O2. The van der Waals surface area contributed by atoms with E-state index in [1.807, 2.05) is 0 Å². The van der Waals surface area contributed by atoms with E-state index in [1.165, 1.54) is 5.56 Å². The van der Waals surface area contributed by atoms with Crippen molar-refractivity contribution >= 4 is 0 Å². The SMILES string of the molecule is c1nc2c(c(OCC3CNCCO3)n1)CCC2. The molecule has 1 saturated heterocycles. The van der Waals surface area contributed by atoms with Gasteiger partial charge in [0.15, 0.2) is 0 Å². The molecule has 2 aliphatic rings. The summed E-state index contributed by atoms with van der Waals surface area (Å²) < 4.78 is 11.4. The van der Waals surface area contributed by atoms with Crippen LogP contribution in [0.3, 0.4) is 0 Å². The molecule has 5 heteroatoms. The van der Waals surface area contributed by atoms with Crippen LogP contribution in [0.4, 0.5) is 0 Å². The number of aromatic nitrogens is 2. The van der Waals surface area contributed by atoms with Crippen molar-refractivity contribution in [2.24, 2.45) is 0 Å². The van der Waals surface area contributed by atoms with Crippen LogP contribution in [-0.4, -0.2) is 42.4 Å². The normalized spacial score (nSPS) is 23.4. The van der Waals surface area contributed by atoms with Crippen LogP contribution in [0.25, 0.3) is 0 Å². The second kappa shape index (κ2) is 4.98. The quantitative estimate of drug-likeness (QED) is 0.818. The monoisotopic (exact) mass is 235 g/mol. The van der Waals surface area contributed by atoms with Crippen LogP contribution in [0.15, 0.2) is 6.33 Å². The highest BCUT2D eigenvalue weighted by molar-refractivity contribution is 5.33. The van der Waals surface area contributed by atoms with Crippen molar-refractivity contribution in [1.29, 1.82) is 0 Å². The molecule has 0 radical (unpaired) electrons. The lowest BCUT2D eigenvalue weighted by Gasteiger charge is -2.23. The molecule has 5 nitrogen and oxygen atoms in total. The fraction of sp³-hybridized carbons (Fsp3) is 0.667. The Hall–Kier alpha value is -1.20. The highest BCUT2D eigenvalue weighted by Crippen LogP contribution is 2.26. The van der Waals surface area contributed by atoms with Gasteiger partial charge < -0.3 is 14.8 Å². The van der Waals surface area contributed by atoms with Gasteiger partial charge in [0.05, 0.1) is 12.3 Å². The van der Waals surface area contributed by atoms with Crippen LogP contribution in [0.1, 0.15) is 17.7 Å². The largest absolute Gasteiger partial charge is 0.475 e. The minimum absolute atomic E-state index is 0.135. The summed E-state index contributed by atoms with van der Waals surface area (Å²) in [5.74, 6) is 0.752. The van der Waals surface area contributed by atoms with Crippen molar-refractivity contribution in [3.63, 3.8) is 0 Å². The number of hydrogen-bond donors (Lipinski definition) is 1. The zero-order chi connectivity index (χ0) is 11.5. The van der Waals surface area contributed by atoms with Crippen LogP contribution in [-0.2, 0) is 17.6 Å². The van der Waals surface area contributed by atoms with E-state index >= 15 is 0 Å². The van der Waals surface area contributed by atoms with Crippen LogP contribution in [0.2, 0.25) is 0 Å². The summed E-state index contributed by atoms with van der Waals surface area (Å²) >= 11 is 0. The molecule has 1 aliphatic carbocycles. The molecule has 1 aromatic rings. The number of fused-ring (bicyclic) bond motifs is 1. The van der Waals surface area contributed by atoms with Crippen LogP contribution >= 0.6 is 0 Å². The second-order valence-corrected chi connectivity index (χ2v) is 4.47. The molecule has 17 heavy (non-hydrogen) atoms. The molecule has 92 valence electrons. The lowest BCUT2D eigenvalue weighted by molar-refractivity contribution is -0.000962. The Labute approximate surface area is 101 Å². The van der Waals surface area contributed by atoms with E-state index in [9.17, 15) is 0 Å². The number of aryl methyl sites for hydroxylation is 1. The van der Waals surface area contributed by atoms with Gasteiger partial charge in [-0.05, 0) is 19.3 Å². The first-order valence-electron chi connectivity index (χ1n) is 6.21. The van der Waals surface area contributed by atoms with Gasteiger partial charge in [0, 0.05) is 18.7 Å². The lowest BCUT2D eigenvalue weighted by atomic mass is 10.2. The summed E-state index contributed by atoms with van der Waals surface area (Å²) in [6, 6.07) is 0. The van der Waals surface area contributed by atoms with Gasteiger partial charge in [0.2, 0.25) is 5.88 Å². The molecular weight excluding hydrogens is 218 g/mol. The molecule has 1 fully saturated rings. The van der Waals surface area contributed by atoms with E-state index < -0.39 is 0 Å². The first-order valence-corrected chi connectivity index (χ1v) is 6.21. The van der Waals surface area contributed by atoms with Crippen LogP contribution in [0.5, 0.6) is 5.88 Å². The number of hydrogen-bond acceptors (Lipinski definition) is 5. The van der Waals surface area contributed by atoms with Crippen molar-refractivity contribution in [2.75, 3.05) is 26.3 Å². The predicted molar refractivity (Wildman–Crippen MR) is 62.2 cm³/mol. The van der Waals surface area contributed by atoms with Gasteiger partial charge in [-0.2, -0.15) is 0 Å². The van der Waals surface area contributed by atoms with Gasteiger partial charge in [0.25, 0.3) is 0 Å². The summed E-state index contributed by atoms with van der Waals surface area (Å²) in [6.45, 7) is 3.11. The van der Waals surface area contributed by atoms with Gasteiger partial charge in [0.1, 0.15) is 19.0 Å². The molecule has 1 unspecified atom stereocenters. The third-order valence-electron chi connectivity index (χ3n) is 3.25. The van der Waals surface area contributed by atoms with E-state index in [2.05, 4.69) is 15.3 Å². The maximum Gasteiger partial charge on any atom is 0.219 e. The Balaban J connectivity index is 1.63. The predicted octanol–water partition coefficient (Wildman–Crippen LogP) is 0.332. The molecule has 0 aromatic carbocycles. The van der Waals surface area contributed by atoms with Crippen molar-refractivity contribution in [3.05, 3.63) is 17.6 Å². The lowest BCUT2D eigenvalue weighted by Crippen LogP contribution is -2.41. The van der Waals surface area contributed by atoms with Gasteiger partial charge >= 0.3 is 0 Å². The zero-order valence-corrected chi connectivity index (χ0v) is 9.82. The van der Waals surface area contributed by atoms with Crippen molar-refractivity contribution in [3.8, 4) is 5.88 Å². The van der Waals surface area contributed by atoms with Crippen LogP contribution in [0, 0.1) is 0 Å². The maximum absolute atomic E-state index is 5.77. The van der Waals surface area contributed by atoms with Crippen molar-refractivity contribution in [2.45, 2.75) is 25.4 Å². The smallest absolute Gasteiger partial charge is 0.219 e. The van der Waals surface area contributed by atoms with Crippen molar-refractivity contribution < 1.29 is 9.47 Å². The Morgan fingerprint density at radius 1 is 1.41 bits per heavy atom. The summed E-state index contributed by atoms with van der Waals surface area (Å²) in [5.41, 5.74) is 2.34. The van der Waals surface area contributed by atoms with E-state index in [1.54, 1.807) is 6.33 Å². The first kappa shape index (κ1) is 10.9. The van der Waals surface area contributed by atoms with E-state index in [-0.39, 0.29) is 6.10 Å². The second-order valence-electron chi connectivity index (χ2n) is 4.47. The molecule has 3 rings (SSSR count). The minimum atomic E-state index is 0.135. The van der Waals surface area contributed by atoms with E-state index in [0.29, 0.717) is 6.61 Å². The zero-order valence-electron chi connectivity index (χ0n) is 9.82. The number of nitrogens with zero attached hydrogens (tertiary/aromatic N) is 2. The third kappa shape index (κ3) is 2.40. The van der Waals surface area contributed by atoms with Crippen LogP contribution < -0.4 is 10.1 Å². The Morgan fingerprint density at radius 3 is 3.29 bits per heavy atom. The molecule has 0 saturated carbocycles.